The number of ether oxygens (including phenoxy) is 2. The van der Waals surface area contributed by atoms with E-state index in [0.717, 1.165) is 10.6 Å². The lowest BCUT2D eigenvalue weighted by Crippen LogP contribution is -2.24. The first-order chi connectivity index (χ1) is 8.69. The maximum Gasteiger partial charge on any atom is 0.325 e. The molecule has 2 rings (SSSR count). The predicted molar refractivity (Wildman–Crippen MR) is 61.3 cm³/mol. The van der Waals surface area contributed by atoms with E-state index in [9.17, 15) is 9.70 Å². The summed E-state index contributed by atoms with van der Waals surface area (Å²) in [6, 6.07) is 5.19. The maximum atomic E-state index is 10.5. The Hall–Kier alpha value is -2.31. The summed E-state index contributed by atoms with van der Waals surface area (Å²) >= 11 is 0. The maximum absolute atomic E-state index is 10.5. The van der Waals surface area contributed by atoms with Crippen LogP contribution in [0.25, 0.3) is 0 Å². The number of hydrogen-bond acceptors (Lipinski definition) is 5. The Kier molecular flexibility index (Phi) is 3.61. The Balaban J connectivity index is 2.08. The monoisotopic (exact) mass is 252 g/mol. The lowest BCUT2D eigenvalue weighted by molar-refractivity contribution is -0.138. The number of aliphatic carboxylic acids is 1. The molecule has 7 heteroatoms. The first-order valence-corrected chi connectivity index (χ1v) is 5.37. The first-order valence-electron chi connectivity index (χ1n) is 5.37. The van der Waals surface area contributed by atoms with Crippen molar-refractivity contribution < 1.29 is 19.4 Å². The summed E-state index contributed by atoms with van der Waals surface area (Å²) in [5.74, 6) is 0.140. The largest absolute Gasteiger partial charge is 0.486 e. The summed E-state index contributed by atoms with van der Waals surface area (Å²) in [7, 11) is 0. The van der Waals surface area contributed by atoms with E-state index in [2.05, 4.69) is 5.29 Å². The van der Waals surface area contributed by atoms with Gasteiger partial charge < -0.3 is 14.6 Å². The van der Waals surface area contributed by atoms with Crippen LogP contribution < -0.4 is 9.47 Å². The Morgan fingerprint density at radius 3 is 2.72 bits per heavy atom. The summed E-state index contributed by atoms with van der Waals surface area (Å²) in [4.78, 5) is 21.0. The average Bonchev–Trinajstić information content (AvgIpc) is 2.37. The number of carboxylic acids is 1. The summed E-state index contributed by atoms with van der Waals surface area (Å²) in [6.45, 7) is 0.666. The van der Waals surface area contributed by atoms with E-state index in [1.165, 1.54) is 0 Å². The summed E-state index contributed by atoms with van der Waals surface area (Å²) in [5, 5.41) is 12.2. The average molecular weight is 252 g/mol. The van der Waals surface area contributed by atoms with Gasteiger partial charge in [-0.1, -0.05) is 6.07 Å². The summed E-state index contributed by atoms with van der Waals surface area (Å²) in [6.07, 6.45) is 0. The molecule has 96 valence electrons. The van der Waals surface area contributed by atoms with Gasteiger partial charge in [-0.3, -0.25) is 4.79 Å². The Bertz CT molecular complexity index is 463. The normalized spacial score (nSPS) is 12.9. The number of hydrogen-bond donors (Lipinski definition) is 1. The van der Waals surface area contributed by atoms with Gasteiger partial charge in [-0.2, -0.15) is 0 Å². The van der Waals surface area contributed by atoms with Gasteiger partial charge in [0, 0.05) is 0 Å². The third-order valence-electron chi connectivity index (χ3n) is 2.40. The molecule has 0 atom stereocenters. The molecule has 0 saturated heterocycles. The minimum Gasteiger partial charge on any atom is -0.486 e. The van der Waals surface area contributed by atoms with E-state index in [-0.39, 0.29) is 6.54 Å². The number of fused-ring (bicyclic) bond motifs is 1. The SMILES string of the molecule is O=NN(CC(=O)O)Cc1ccc2c(c1)OCCO2. The van der Waals surface area contributed by atoms with Crippen LogP contribution >= 0.6 is 0 Å². The number of carboxylic acid groups (broad SMARTS) is 1. The van der Waals surface area contributed by atoms with Crippen molar-refractivity contribution in [2.45, 2.75) is 6.54 Å². The van der Waals surface area contributed by atoms with Crippen LogP contribution in [0.3, 0.4) is 0 Å². The molecule has 1 aliphatic rings. The Labute approximate surface area is 103 Å². The van der Waals surface area contributed by atoms with Gasteiger partial charge in [0.05, 0.1) is 11.8 Å². The molecule has 0 aromatic heterocycles. The zero-order valence-corrected chi connectivity index (χ0v) is 9.54. The number of nitroso groups, excluding NO2 is 1. The van der Waals surface area contributed by atoms with Crippen LogP contribution in [0.5, 0.6) is 11.5 Å². The van der Waals surface area contributed by atoms with Crippen molar-refractivity contribution in [2.24, 2.45) is 5.29 Å². The third-order valence-corrected chi connectivity index (χ3v) is 2.40. The van der Waals surface area contributed by atoms with Gasteiger partial charge in [-0.05, 0) is 17.7 Å². The second-order valence-corrected chi connectivity index (χ2v) is 3.78. The van der Waals surface area contributed by atoms with Crippen LogP contribution in [0.15, 0.2) is 23.5 Å². The zero-order chi connectivity index (χ0) is 13.0. The van der Waals surface area contributed by atoms with E-state index < -0.39 is 12.5 Å². The van der Waals surface area contributed by atoms with Crippen molar-refractivity contribution in [3.63, 3.8) is 0 Å². The molecule has 18 heavy (non-hydrogen) atoms. The lowest BCUT2D eigenvalue weighted by Gasteiger charge is -2.19. The van der Waals surface area contributed by atoms with Crippen LogP contribution in [0.1, 0.15) is 5.56 Å². The molecule has 0 aliphatic carbocycles. The van der Waals surface area contributed by atoms with Crippen molar-refractivity contribution in [2.75, 3.05) is 19.8 Å². The Morgan fingerprint density at radius 2 is 2.06 bits per heavy atom. The Morgan fingerprint density at radius 1 is 1.33 bits per heavy atom. The second-order valence-electron chi connectivity index (χ2n) is 3.78. The smallest absolute Gasteiger partial charge is 0.325 e. The quantitative estimate of drug-likeness (QED) is 0.621. The fourth-order valence-electron chi connectivity index (χ4n) is 1.67. The molecular weight excluding hydrogens is 240 g/mol. The van der Waals surface area contributed by atoms with Gasteiger partial charge >= 0.3 is 5.97 Å². The van der Waals surface area contributed by atoms with Gasteiger partial charge in [-0.15, -0.1) is 4.91 Å². The molecule has 0 spiro atoms. The standard InChI is InChI=1S/C11H12N2O5/c14-11(15)7-13(12-16)6-8-1-2-9-10(5-8)18-4-3-17-9/h1-2,5H,3-4,6-7H2,(H,14,15). The molecule has 0 bridgehead atoms. The molecule has 1 aliphatic heterocycles. The van der Waals surface area contributed by atoms with Crippen molar-refractivity contribution in [1.29, 1.82) is 0 Å². The highest BCUT2D eigenvalue weighted by molar-refractivity contribution is 5.69. The molecule has 1 heterocycles. The summed E-state index contributed by atoms with van der Waals surface area (Å²) < 4.78 is 10.7. The molecule has 0 unspecified atom stereocenters. The third kappa shape index (κ3) is 2.88. The lowest BCUT2D eigenvalue weighted by atomic mass is 10.2. The van der Waals surface area contributed by atoms with Crippen molar-refractivity contribution in [3.05, 3.63) is 28.7 Å². The van der Waals surface area contributed by atoms with E-state index in [4.69, 9.17) is 14.6 Å². The van der Waals surface area contributed by atoms with Crippen LogP contribution in [0.2, 0.25) is 0 Å². The van der Waals surface area contributed by atoms with E-state index in [1.807, 2.05) is 0 Å². The van der Waals surface area contributed by atoms with Gasteiger partial charge in [0.15, 0.2) is 11.5 Å². The number of carbonyl (C=O) groups is 1. The summed E-state index contributed by atoms with van der Waals surface area (Å²) in [5.41, 5.74) is 0.736. The van der Waals surface area contributed by atoms with E-state index >= 15 is 0 Å². The van der Waals surface area contributed by atoms with Gasteiger partial charge in [0.1, 0.15) is 19.8 Å². The topological polar surface area (TPSA) is 88.4 Å². The molecule has 0 radical (unpaired) electrons. The molecule has 1 aromatic rings. The fourth-order valence-corrected chi connectivity index (χ4v) is 1.67. The van der Waals surface area contributed by atoms with Crippen LogP contribution in [0, 0.1) is 4.91 Å². The van der Waals surface area contributed by atoms with Crippen molar-refractivity contribution in [3.8, 4) is 11.5 Å². The van der Waals surface area contributed by atoms with Crippen molar-refractivity contribution >= 4 is 5.97 Å². The van der Waals surface area contributed by atoms with Gasteiger partial charge in [-0.25, -0.2) is 5.01 Å². The zero-order valence-electron chi connectivity index (χ0n) is 9.54. The second kappa shape index (κ2) is 5.35. The minimum absolute atomic E-state index is 0.117. The number of benzene rings is 1. The molecule has 0 amide bonds. The molecule has 0 saturated carbocycles. The van der Waals surface area contributed by atoms with E-state index in [1.54, 1.807) is 18.2 Å². The molecule has 7 nitrogen and oxygen atoms in total. The number of rotatable bonds is 5. The molecular formula is C11H12N2O5. The molecule has 0 fully saturated rings. The highest BCUT2D eigenvalue weighted by Crippen LogP contribution is 2.31. The van der Waals surface area contributed by atoms with Crippen molar-refractivity contribution in [1.82, 2.24) is 5.01 Å². The highest BCUT2D eigenvalue weighted by Gasteiger charge is 2.14. The predicted octanol–water partition coefficient (Wildman–Crippen LogP) is 1.03. The van der Waals surface area contributed by atoms with Crippen LogP contribution in [-0.2, 0) is 11.3 Å². The fraction of sp³-hybridized carbons (Fsp3) is 0.364. The highest BCUT2D eigenvalue weighted by atomic mass is 16.6. The minimum atomic E-state index is -1.10. The van der Waals surface area contributed by atoms with E-state index in [0.29, 0.717) is 24.7 Å². The van der Waals surface area contributed by atoms with Crippen LogP contribution in [0.4, 0.5) is 0 Å². The molecule has 1 aromatic carbocycles. The number of nitrogens with zero attached hydrogens (tertiary/aromatic N) is 2. The van der Waals surface area contributed by atoms with Gasteiger partial charge in [0.2, 0.25) is 0 Å². The molecule has 1 N–H and O–H groups in total. The first kappa shape index (κ1) is 12.2. The van der Waals surface area contributed by atoms with Crippen LogP contribution in [-0.4, -0.2) is 35.8 Å². The van der Waals surface area contributed by atoms with Gasteiger partial charge in [0.25, 0.3) is 0 Å².